The van der Waals surface area contributed by atoms with Crippen molar-refractivity contribution in [2.75, 3.05) is 0 Å². The second kappa shape index (κ2) is 5.21. The molecule has 0 unspecified atom stereocenters. The highest BCUT2D eigenvalue weighted by Gasteiger charge is 2.24. The van der Waals surface area contributed by atoms with Crippen molar-refractivity contribution >= 4 is 27.5 Å². The van der Waals surface area contributed by atoms with Crippen molar-refractivity contribution in [3.63, 3.8) is 0 Å². The van der Waals surface area contributed by atoms with Crippen LogP contribution in [0.1, 0.15) is 37.3 Å². The van der Waals surface area contributed by atoms with E-state index < -0.39 is 0 Å². The van der Waals surface area contributed by atoms with Crippen LogP contribution < -0.4 is 0 Å². The molecule has 0 saturated heterocycles. The lowest BCUT2D eigenvalue weighted by molar-refractivity contribution is 0.688. The predicted octanol–water partition coefficient (Wildman–Crippen LogP) is 3.95. The van der Waals surface area contributed by atoms with E-state index in [1.807, 2.05) is 13.1 Å². The van der Waals surface area contributed by atoms with Crippen LogP contribution in [-0.4, -0.2) is 19.7 Å². The Morgan fingerprint density at radius 3 is 2.68 bits per heavy atom. The summed E-state index contributed by atoms with van der Waals surface area (Å²) in [7, 11) is 1.88. The monoisotopic (exact) mass is 340 g/mol. The first kappa shape index (κ1) is 13.1. The Balaban J connectivity index is 2.10. The second-order valence-corrected chi connectivity index (χ2v) is 6.01. The first-order chi connectivity index (χ1) is 9.16. The predicted molar refractivity (Wildman–Crippen MR) is 78.2 cm³/mol. The molecule has 0 aromatic carbocycles. The molecule has 0 amide bonds. The Hall–Kier alpha value is -0.940. The first-order valence-electron chi connectivity index (χ1n) is 6.38. The molecule has 0 spiro atoms. The molecular formula is C13H14BrClN4. The van der Waals surface area contributed by atoms with E-state index in [4.69, 9.17) is 16.6 Å². The number of aromatic nitrogens is 4. The molecule has 1 saturated carbocycles. The van der Waals surface area contributed by atoms with E-state index in [9.17, 15) is 0 Å². The molecule has 2 aromatic rings. The van der Waals surface area contributed by atoms with Gasteiger partial charge in [-0.1, -0.05) is 24.4 Å². The average Bonchev–Trinajstić information content (AvgIpc) is 3.03. The Morgan fingerprint density at radius 2 is 2.05 bits per heavy atom. The molecule has 1 aliphatic rings. The molecular weight excluding hydrogens is 328 g/mol. The zero-order chi connectivity index (χ0) is 13.4. The molecule has 0 N–H and O–H groups in total. The maximum absolute atomic E-state index is 6.24. The van der Waals surface area contributed by atoms with E-state index >= 15 is 0 Å². The molecule has 2 aromatic heterocycles. The largest absolute Gasteiger partial charge is 0.265 e. The highest BCUT2D eigenvalue weighted by atomic mass is 79.9. The summed E-state index contributed by atoms with van der Waals surface area (Å²) in [6.07, 6.45) is 6.62. The van der Waals surface area contributed by atoms with Gasteiger partial charge in [-0.3, -0.25) is 4.68 Å². The third-order valence-electron chi connectivity index (χ3n) is 3.63. The SMILES string of the molecule is Cn1nccc1-c1nc(Cl)c(Br)c(C2CCCC2)n1. The van der Waals surface area contributed by atoms with Crippen molar-refractivity contribution in [3.8, 4) is 11.5 Å². The summed E-state index contributed by atoms with van der Waals surface area (Å²) in [6, 6.07) is 1.90. The summed E-state index contributed by atoms with van der Waals surface area (Å²) in [5.74, 6) is 1.14. The molecule has 3 rings (SSSR count). The maximum atomic E-state index is 6.24. The molecule has 1 aliphatic carbocycles. The lowest BCUT2D eigenvalue weighted by Gasteiger charge is -2.13. The Kier molecular flexibility index (Phi) is 3.58. The Labute approximate surface area is 125 Å². The molecule has 0 aliphatic heterocycles. The maximum Gasteiger partial charge on any atom is 0.179 e. The van der Waals surface area contributed by atoms with Crippen LogP contribution in [0.15, 0.2) is 16.7 Å². The van der Waals surface area contributed by atoms with Gasteiger partial charge in [0, 0.05) is 19.2 Å². The van der Waals surface area contributed by atoms with E-state index in [1.165, 1.54) is 25.7 Å². The van der Waals surface area contributed by atoms with Gasteiger partial charge in [-0.25, -0.2) is 9.97 Å². The third kappa shape index (κ3) is 2.41. The normalized spacial score (nSPS) is 16.2. The summed E-state index contributed by atoms with van der Waals surface area (Å²) >= 11 is 9.77. The highest BCUT2D eigenvalue weighted by Crippen LogP contribution is 2.39. The summed E-state index contributed by atoms with van der Waals surface area (Å²) in [5.41, 5.74) is 1.92. The third-order valence-corrected chi connectivity index (χ3v) is 4.91. The number of hydrogen-bond donors (Lipinski definition) is 0. The van der Waals surface area contributed by atoms with E-state index in [1.54, 1.807) is 10.9 Å². The number of hydrogen-bond acceptors (Lipinski definition) is 3. The molecule has 0 atom stereocenters. The van der Waals surface area contributed by atoms with E-state index in [0.29, 0.717) is 16.9 Å². The molecule has 6 heteroatoms. The average molecular weight is 342 g/mol. The zero-order valence-electron chi connectivity index (χ0n) is 10.6. The zero-order valence-corrected chi connectivity index (χ0v) is 12.9. The van der Waals surface area contributed by atoms with Crippen molar-refractivity contribution in [2.45, 2.75) is 31.6 Å². The van der Waals surface area contributed by atoms with Gasteiger partial charge in [-0.15, -0.1) is 0 Å². The van der Waals surface area contributed by atoms with Gasteiger partial charge in [0.25, 0.3) is 0 Å². The Morgan fingerprint density at radius 1 is 1.32 bits per heavy atom. The Bertz CT molecular complexity index is 605. The van der Waals surface area contributed by atoms with Gasteiger partial charge in [0.15, 0.2) is 5.82 Å². The van der Waals surface area contributed by atoms with Gasteiger partial charge in [-0.05, 0) is 34.8 Å². The number of aryl methyl sites for hydroxylation is 1. The van der Waals surface area contributed by atoms with Crippen LogP contribution in [0, 0.1) is 0 Å². The van der Waals surface area contributed by atoms with Gasteiger partial charge >= 0.3 is 0 Å². The number of halogens is 2. The van der Waals surface area contributed by atoms with E-state index in [2.05, 4.69) is 26.0 Å². The standard InChI is InChI=1S/C13H14BrClN4/c1-19-9(6-7-16-19)13-17-11(8-4-2-3-5-8)10(14)12(15)18-13/h6-8H,2-5H2,1H3. The van der Waals surface area contributed by atoms with Crippen LogP contribution in [0.4, 0.5) is 0 Å². The fourth-order valence-electron chi connectivity index (χ4n) is 2.61. The summed E-state index contributed by atoms with van der Waals surface area (Å²) in [4.78, 5) is 9.07. The quantitative estimate of drug-likeness (QED) is 0.777. The second-order valence-electron chi connectivity index (χ2n) is 4.86. The fraction of sp³-hybridized carbons (Fsp3) is 0.462. The molecule has 0 radical (unpaired) electrons. The van der Waals surface area contributed by atoms with Crippen LogP contribution in [-0.2, 0) is 7.05 Å². The fourth-order valence-corrected chi connectivity index (χ4v) is 3.29. The minimum Gasteiger partial charge on any atom is -0.265 e. The number of nitrogens with zero attached hydrogens (tertiary/aromatic N) is 4. The molecule has 1 fully saturated rings. The number of rotatable bonds is 2. The lowest BCUT2D eigenvalue weighted by atomic mass is 10.0. The van der Waals surface area contributed by atoms with Crippen molar-refractivity contribution in [3.05, 3.63) is 27.6 Å². The van der Waals surface area contributed by atoms with Gasteiger partial charge < -0.3 is 0 Å². The molecule has 4 nitrogen and oxygen atoms in total. The lowest BCUT2D eigenvalue weighted by Crippen LogP contribution is -2.05. The van der Waals surface area contributed by atoms with Gasteiger partial charge in [0.1, 0.15) is 10.8 Å². The van der Waals surface area contributed by atoms with Crippen LogP contribution >= 0.6 is 27.5 Å². The summed E-state index contributed by atoms with van der Waals surface area (Å²) in [5, 5.41) is 4.63. The van der Waals surface area contributed by atoms with Gasteiger partial charge in [-0.2, -0.15) is 5.10 Å². The van der Waals surface area contributed by atoms with E-state index in [0.717, 1.165) is 15.9 Å². The van der Waals surface area contributed by atoms with Crippen molar-refractivity contribution in [2.24, 2.45) is 7.05 Å². The van der Waals surface area contributed by atoms with Crippen molar-refractivity contribution in [1.29, 1.82) is 0 Å². The van der Waals surface area contributed by atoms with Gasteiger partial charge in [0.2, 0.25) is 0 Å². The van der Waals surface area contributed by atoms with Crippen LogP contribution in [0.5, 0.6) is 0 Å². The summed E-state index contributed by atoms with van der Waals surface area (Å²) < 4.78 is 2.60. The van der Waals surface area contributed by atoms with Crippen molar-refractivity contribution < 1.29 is 0 Å². The topological polar surface area (TPSA) is 43.6 Å². The molecule has 0 bridgehead atoms. The first-order valence-corrected chi connectivity index (χ1v) is 7.55. The van der Waals surface area contributed by atoms with Gasteiger partial charge in [0.05, 0.1) is 10.2 Å². The molecule has 19 heavy (non-hydrogen) atoms. The van der Waals surface area contributed by atoms with E-state index in [-0.39, 0.29) is 0 Å². The van der Waals surface area contributed by atoms with Crippen LogP contribution in [0.2, 0.25) is 5.15 Å². The smallest absolute Gasteiger partial charge is 0.179 e. The highest BCUT2D eigenvalue weighted by molar-refractivity contribution is 9.10. The summed E-state index contributed by atoms with van der Waals surface area (Å²) in [6.45, 7) is 0. The van der Waals surface area contributed by atoms with Crippen molar-refractivity contribution in [1.82, 2.24) is 19.7 Å². The molecule has 2 heterocycles. The minimum absolute atomic E-state index is 0.480. The van der Waals surface area contributed by atoms with Crippen LogP contribution in [0.25, 0.3) is 11.5 Å². The molecule has 100 valence electrons. The minimum atomic E-state index is 0.480. The van der Waals surface area contributed by atoms with Crippen LogP contribution in [0.3, 0.4) is 0 Å².